The number of carbonyl (C=O) groups is 1. The lowest BCUT2D eigenvalue weighted by Gasteiger charge is -2.10. The predicted molar refractivity (Wildman–Crippen MR) is 80.6 cm³/mol. The molecular formula is C15H12F3NO4S. The molecule has 2 rings (SSSR count). The summed E-state index contributed by atoms with van der Waals surface area (Å²) in [6.45, 7) is 1.67. The standard InChI is InChI=1S/C15H12F3NO4S/c1-8-3-4-9(13-19-6-12(24-13)15(16,17)18)5-10(8)23-11(7-22-2)14(20)21/h3-7H,1-2H3,(H,20,21)/b11-7-. The SMILES string of the molecule is CO/C=C(\Oc1cc(-c2ncc(C(F)(F)F)s2)ccc1C)C(=O)O. The molecule has 0 spiro atoms. The molecule has 1 aromatic carbocycles. The van der Waals surface area contributed by atoms with Crippen molar-refractivity contribution in [2.45, 2.75) is 13.1 Å². The lowest BCUT2D eigenvalue weighted by atomic mass is 10.1. The van der Waals surface area contributed by atoms with Crippen molar-refractivity contribution >= 4 is 17.3 Å². The van der Waals surface area contributed by atoms with Gasteiger partial charge in [0.15, 0.2) is 0 Å². The highest BCUT2D eigenvalue weighted by Crippen LogP contribution is 2.37. The number of thiazole rings is 1. The maximum absolute atomic E-state index is 12.7. The summed E-state index contributed by atoms with van der Waals surface area (Å²) in [5, 5.41) is 9.18. The Balaban J connectivity index is 2.36. The number of aromatic nitrogens is 1. The predicted octanol–water partition coefficient (Wildman–Crippen LogP) is 4.09. The van der Waals surface area contributed by atoms with Gasteiger partial charge in [-0.1, -0.05) is 12.1 Å². The number of benzene rings is 1. The van der Waals surface area contributed by atoms with Crippen LogP contribution in [-0.2, 0) is 15.7 Å². The number of carboxylic acids is 1. The summed E-state index contributed by atoms with van der Waals surface area (Å²) >= 11 is 0.496. The van der Waals surface area contributed by atoms with Crippen LogP contribution in [-0.4, -0.2) is 23.2 Å². The van der Waals surface area contributed by atoms with Crippen molar-refractivity contribution in [1.82, 2.24) is 4.98 Å². The molecule has 24 heavy (non-hydrogen) atoms. The second-order valence-electron chi connectivity index (χ2n) is 4.63. The van der Waals surface area contributed by atoms with Gasteiger partial charge in [0.25, 0.3) is 0 Å². The molecule has 0 amide bonds. The second-order valence-corrected chi connectivity index (χ2v) is 5.66. The van der Waals surface area contributed by atoms with Crippen LogP contribution in [0.15, 0.2) is 36.4 Å². The highest BCUT2D eigenvalue weighted by Gasteiger charge is 2.33. The van der Waals surface area contributed by atoms with Crippen LogP contribution in [0.2, 0.25) is 0 Å². The van der Waals surface area contributed by atoms with Gasteiger partial charge in [0.1, 0.15) is 21.9 Å². The first-order valence-electron chi connectivity index (χ1n) is 6.50. The van der Waals surface area contributed by atoms with E-state index in [9.17, 15) is 18.0 Å². The first kappa shape index (κ1) is 17.8. The molecule has 0 fully saturated rings. The first-order valence-corrected chi connectivity index (χ1v) is 7.32. The van der Waals surface area contributed by atoms with Gasteiger partial charge in [-0.05, 0) is 18.6 Å². The van der Waals surface area contributed by atoms with E-state index in [-0.39, 0.29) is 10.8 Å². The van der Waals surface area contributed by atoms with Crippen LogP contribution in [0.5, 0.6) is 5.75 Å². The third-order valence-corrected chi connectivity index (χ3v) is 3.97. The molecule has 0 aliphatic heterocycles. The maximum Gasteiger partial charge on any atom is 0.427 e. The molecule has 128 valence electrons. The van der Waals surface area contributed by atoms with Gasteiger partial charge in [-0.2, -0.15) is 13.2 Å². The number of carboxylic acid groups (broad SMARTS) is 1. The van der Waals surface area contributed by atoms with Crippen LogP contribution in [0, 0.1) is 6.92 Å². The van der Waals surface area contributed by atoms with E-state index < -0.39 is 22.8 Å². The van der Waals surface area contributed by atoms with E-state index in [4.69, 9.17) is 9.84 Å². The van der Waals surface area contributed by atoms with Crippen molar-refractivity contribution in [3.63, 3.8) is 0 Å². The Hall–Kier alpha value is -2.55. The highest BCUT2D eigenvalue weighted by molar-refractivity contribution is 7.15. The van der Waals surface area contributed by atoms with E-state index in [0.717, 1.165) is 12.5 Å². The molecule has 0 saturated carbocycles. The summed E-state index contributed by atoms with van der Waals surface area (Å²) in [6.07, 6.45) is -2.79. The zero-order valence-corrected chi connectivity index (χ0v) is 13.4. The van der Waals surface area contributed by atoms with Crippen molar-refractivity contribution < 1.29 is 32.5 Å². The Bertz CT molecular complexity index is 783. The maximum atomic E-state index is 12.7. The number of alkyl halides is 3. The molecule has 0 radical (unpaired) electrons. The quantitative estimate of drug-likeness (QED) is 0.643. The van der Waals surface area contributed by atoms with Gasteiger partial charge in [-0.15, -0.1) is 11.3 Å². The average Bonchev–Trinajstić information content (AvgIpc) is 2.98. The molecule has 0 aliphatic carbocycles. The fraction of sp³-hybridized carbons (Fsp3) is 0.200. The molecule has 1 heterocycles. The first-order chi connectivity index (χ1) is 11.2. The van der Waals surface area contributed by atoms with Crippen LogP contribution in [0.1, 0.15) is 10.4 Å². The van der Waals surface area contributed by atoms with Gasteiger partial charge in [-0.25, -0.2) is 9.78 Å². The molecule has 0 unspecified atom stereocenters. The van der Waals surface area contributed by atoms with Crippen LogP contribution in [0.4, 0.5) is 13.2 Å². The highest BCUT2D eigenvalue weighted by atomic mass is 32.1. The van der Waals surface area contributed by atoms with Gasteiger partial charge < -0.3 is 14.6 Å². The lowest BCUT2D eigenvalue weighted by Crippen LogP contribution is -2.09. The van der Waals surface area contributed by atoms with Crippen molar-refractivity contribution in [2.75, 3.05) is 7.11 Å². The lowest BCUT2D eigenvalue weighted by molar-refractivity contribution is -0.135. The molecule has 0 saturated heterocycles. The van der Waals surface area contributed by atoms with Crippen molar-refractivity contribution in [3.8, 4) is 16.3 Å². The van der Waals surface area contributed by atoms with E-state index in [0.29, 0.717) is 22.5 Å². The molecule has 2 aromatic rings. The van der Waals surface area contributed by atoms with E-state index in [1.54, 1.807) is 19.1 Å². The fourth-order valence-electron chi connectivity index (χ4n) is 1.73. The van der Waals surface area contributed by atoms with Gasteiger partial charge in [0, 0.05) is 5.56 Å². The summed E-state index contributed by atoms with van der Waals surface area (Å²) < 4.78 is 47.9. The molecule has 1 N–H and O–H groups in total. The minimum absolute atomic E-state index is 0.153. The molecule has 1 aromatic heterocycles. The number of rotatable bonds is 5. The van der Waals surface area contributed by atoms with Crippen LogP contribution in [0.3, 0.4) is 0 Å². The number of aryl methyl sites for hydroxylation is 1. The third kappa shape index (κ3) is 4.05. The van der Waals surface area contributed by atoms with Gasteiger partial charge in [0.2, 0.25) is 5.76 Å². The van der Waals surface area contributed by atoms with Gasteiger partial charge >= 0.3 is 12.1 Å². The second kappa shape index (κ2) is 6.91. The molecule has 0 bridgehead atoms. The number of nitrogens with zero attached hydrogens (tertiary/aromatic N) is 1. The average molecular weight is 359 g/mol. The summed E-state index contributed by atoms with van der Waals surface area (Å²) in [5.74, 6) is -1.61. The summed E-state index contributed by atoms with van der Waals surface area (Å²) in [4.78, 5) is 14.0. The largest absolute Gasteiger partial charge is 0.500 e. The van der Waals surface area contributed by atoms with Crippen molar-refractivity contribution in [3.05, 3.63) is 46.9 Å². The van der Waals surface area contributed by atoms with Crippen LogP contribution < -0.4 is 4.74 Å². The van der Waals surface area contributed by atoms with Crippen LogP contribution in [0.25, 0.3) is 10.6 Å². The third-order valence-electron chi connectivity index (χ3n) is 2.88. The van der Waals surface area contributed by atoms with Crippen molar-refractivity contribution in [1.29, 1.82) is 0 Å². The Morgan fingerprint density at radius 1 is 1.38 bits per heavy atom. The summed E-state index contributed by atoms with van der Waals surface area (Å²) in [6, 6.07) is 4.62. The number of halogens is 3. The molecule has 0 atom stereocenters. The Morgan fingerprint density at radius 2 is 2.08 bits per heavy atom. The van der Waals surface area contributed by atoms with Crippen LogP contribution >= 0.6 is 11.3 Å². The zero-order chi connectivity index (χ0) is 17.9. The number of aliphatic carboxylic acids is 1. The number of ether oxygens (including phenoxy) is 2. The zero-order valence-electron chi connectivity index (χ0n) is 12.5. The van der Waals surface area contributed by atoms with E-state index in [1.165, 1.54) is 13.2 Å². The normalized spacial score (nSPS) is 12.1. The number of hydrogen-bond acceptors (Lipinski definition) is 5. The smallest absolute Gasteiger partial charge is 0.427 e. The molecule has 0 aliphatic rings. The minimum Gasteiger partial charge on any atom is -0.500 e. The van der Waals surface area contributed by atoms with Gasteiger partial charge in [0.05, 0.1) is 13.3 Å². The monoisotopic (exact) mass is 359 g/mol. The van der Waals surface area contributed by atoms with Gasteiger partial charge in [-0.3, -0.25) is 0 Å². The van der Waals surface area contributed by atoms with E-state index >= 15 is 0 Å². The molecule has 9 heteroatoms. The van der Waals surface area contributed by atoms with E-state index in [1.807, 2.05) is 0 Å². The summed E-state index contributed by atoms with van der Waals surface area (Å²) in [7, 11) is 1.27. The molecule has 5 nitrogen and oxygen atoms in total. The number of hydrogen-bond donors (Lipinski definition) is 1. The Kier molecular flexibility index (Phi) is 5.13. The molecular weight excluding hydrogens is 347 g/mol. The summed E-state index contributed by atoms with van der Waals surface area (Å²) in [5.41, 5.74) is 0.993. The fourth-order valence-corrected chi connectivity index (χ4v) is 2.50. The number of methoxy groups -OCH3 is 1. The minimum atomic E-state index is -4.46. The Morgan fingerprint density at radius 3 is 2.62 bits per heavy atom. The van der Waals surface area contributed by atoms with E-state index in [2.05, 4.69) is 9.72 Å². The van der Waals surface area contributed by atoms with Crippen molar-refractivity contribution in [2.24, 2.45) is 0 Å². The Labute approximate surface area is 139 Å². The topological polar surface area (TPSA) is 68.7 Å².